The average molecular weight is 153 g/mol. The van der Waals surface area contributed by atoms with Crippen LogP contribution < -0.4 is 5.32 Å². The maximum absolute atomic E-state index is 3.34. The highest BCUT2D eigenvalue weighted by atomic mass is 14.8. The molecular formula is C10H19N. The summed E-state index contributed by atoms with van der Waals surface area (Å²) in [5.74, 6) is 6.15. The number of rotatable bonds is 5. The molecule has 0 aliphatic rings. The zero-order chi connectivity index (χ0) is 8.36. The first-order chi connectivity index (χ1) is 5.41. The molecule has 1 heteroatoms. The van der Waals surface area contributed by atoms with Crippen LogP contribution in [0.3, 0.4) is 0 Å². The standard InChI is InChI=1S/C10H19N/c1-3-5-7-8-10-11-9-6-4-2/h11H,3-4,6,8-10H2,1-2H3. The molecular weight excluding hydrogens is 134 g/mol. The molecule has 64 valence electrons. The smallest absolute Gasteiger partial charge is 0.0214 e. The molecule has 0 aliphatic carbocycles. The van der Waals surface area contributed by atoms with Gasteiger partial charge in [0.15, 0.2) is 0 Å². The lowest BCUT2D eigenvalue weighted by Gasteiger charge is -1.98. The van der Waals surface area contributed by atoms with Crippen LogP contribution in [0.1, 0.15) is 39.5 Å². The molecule has 0 heterocycles. The van der Waals surface area contributed by atoms with Gasteiger partial charge in [-0.05, 0) is 13.0 Å². The average Bonchev–Trinajstić information content (AvgIpc) is 2.03. The maximum Gasteiger partial charge on any atom is 0.0214 e. The van der Waals surface area contributed by atoms with Crippen LogP contribution in [0.25, 0.3) is 0 Å². The molecule has 0 aromatic rings. The monoisotopic (exact) mass is 153 g/mol. The molecule has 0 aromatic heterocycles. The molecule has 1 nitrogen and oxygen atoms in total. The number of unbranched alkanes of at least 4 members (excludes halogenated alkanes) is 1. The third-order valence-corrected chi connectivity index (χ3v) is 1.44. The molecule has 0 rings (SSSR count). The van der Waals surface area contributed by atoms with Gasteiger partial charge >= 0.3 is 0 Å². The minimum absolute atomic E-state index is 0.981. The summed E-state index contributed by atoms with van der Waals surface area (Å²) in [7, 11) is 0. The lowest BCUT2D eigenvalue weighted by atomic mass is 10.3. The summed E-state index contributed by atoms with van der Waals surface area (Å²) in [6.07, 6.45) is 4.53. The van der Waals surface area contributed by atoms with Crippen LogP contribution >= 0.6 is 0 Å². The molecule has 0 saturated heterocycles. The quantitative estimate of drug-likeness (QED) is 0.471. The lowest BCUT2D eigenvalue weighted by Crippen LogP contribution is -2.15. The van der Waals surface area contributed by atoms with Crippen molar-refractivity contribution < 1.29 is 0 Å². The Morgan fingerprint density at radius 2 is 1.91 bits per heavy atom. The normalized spacial score (nSPS) is 8.91. The van der Waals surface area contributed by atoms with Crippen LogP contribution in [0.2, 0.25) is 0 Å². The maximum atomic E-state index is 3.34. The Morgan fingerprint density at radius 1 is 1.09 bits per heavy atom. The van der Waals surface area contributed by atoms with Crippen molar-refractivity contribution in [2.45, 2.75) is 39.5 Å². The molecule has 11 heavy (non-hydrogen) atoms. The van der Waals surface area contributed by atoms with E-state index in [-0.39, 0.29) is 0 Å². The van der Waals surface area contributed by atoms with E-state index in [9.17, 15) is 0 Å². The second kappa shape index (κ2) is 9.52. The molecule has 0 spiro atoms. The van der Waals surface area contributed by atoms with E-state index in [1.165, 1.54) is 12.8 Å². The fourth-order valence-corrected chi connectivity index (χ4v) is 0.791. The third-order valence-electron chi connectivity index (χ3n) is 1.44. The highest BCUT2D eigenvalue weighted by Gasteiger charge is 1.82. The van der Waals surface area contributed by atoms with Gasteiger partial charge in [-0.3, -0.25) is 0 Å². The van der Waals surface area contributed by atoms with E-state index in [2.05, 4.69) is 31.0 Å². The van der Waals surface area contributed by atoms with E-state index in [4.69, 9.17) is 0 Å². The Kier molecular flexibility index (Phi) is 9.10. The first kappa shape index (κ1) is 10.5. The summed E-state index contributed by atoms with van der Waals surface area (Å²) < 4.78 is 0. The van der Waals surface area contributed by atoms with Crippen molar-refractivity contribution in [3.05, 3.63) is 0 Å². The Labute approximate surface area is 70.6 Å². The largest absolute Gasteiger partial charge is 0.316 e. The zero-order valence-corrected chi connectivity index (χ0v) is 7.74. The second-order valence-corrected chi connectivity index (χ2v) is 2.56. The van der Waals surface area contributed by atoms with Crippen LogP contribution in [0, 0.1) is 11.8 Å². The van der Waals surface area contributed by atoms with Crippen LogP contribution in [0.5, 0.6) is 0 Å². The Balaban J connectivity index is 2.90. The van der Waals surface area contributed by atoms with Crippen molar-refractivity contribution in [2.24, 2.45) is 0 Å². The van der Waals surface area contributed by atoms with E-state index in [1.807, 2.05) is 0 Å². The van der Waals surface area contributed by atoms with E-state index in [0.717, 1.165) is 25.9 Å². The highest BCUT2D eigenvalue weighted by Crippen LogP contribution is 1.82. The molecule has 1 N–H and O–H groups in total. The van der Waals surface area contributed by atoms with Crippen LogP contribution in [0.15, 0.2) is 0 Å². The lowest BCUT2D eigenvalue weighted by molar-refractivity contribution is 0.648. The predicted molar refractivity (Wildman–Crippen MR) is 50.5 cm³/mol. The van der Waals surface area contributed by atoms with Crippen molar-refractivity contribution >= 4 is 0 Å². The highest BCUT2D eigenvalue weighted by molar-refractivity contribution is 4.97. The minimum Gasteiger partial charge on any atom is -0.316 e. The molecule has 0 aromatic carbocycles. The summed E-state index contributed by atoms with van der Waals surface area (Å²) >= 11 is 0. The molecule has 0 aliphatic heterocycles. The minimum atomic E-state index is 0.981. The van der Waals surface area contributed by atoms with Crippen LogP contribution in [-0.4, -0.2) is 13.1 Å². The Bertz CT molecular complexity index is 119. The van der Waals surface area contributed by atoms with Crippen molar-refractivity contribution in [3.63, 3.8) is 0 Å². The number of hydrogen-bond acceptors (Lipinski definition) is 1. The van der Waals surface area contributed by atoms with Gasteiger partial charge in [0.25, 0.3) is 0 Å². The fourth-order valence-electron chi connectivity index (χ4n) is 0.791. The molecule has 0 unspecified atom stereocenters. The van der Waals surface area contributed by atoms with Crippen molar-refractivity contribution in [1.82, 2.24) is 5.32 Å². The van der Waals surface area contributed by atoms with Gasteiger partial charge in [0.05, 0.1) is 0 Å². The van der Waals surface area contributed by atoms with Crippen molar-refractivity contribution in [2.75, 3.05) is 13.1 Å². The zero-order valence-electron chi connectivity index (χ0n) is 7.74. The van der Waals surface area contributed by atoms with Crippen LogP contribution in [0.4, 0.5) is 0 Å². The first-order valence-electron chi connectivity index (χ1n) is 4.58. The Hall–Kier alpha value is -0.480. The van der Waals surface area contributed by atoms with Crippen molar-refractivity contribution in [1.29, 1.82) is 0 Å². The van der Waals surface area contributed by atoms with E-state index < -0.39 is 0 Å². The molecule has 0 bridgehead atoms. The molecule has 0 saturated carbocycles. The number of hydrogen-bond donors (Lipinski definition) is 1. The SMILES string of the molecule is CCC#CCCNCCCC. The molecule has 0 radical (unpaired) electrons. The van der Waals surface area contributed by atoms with Crippen molar-refractivity contribution in [3.8, 4) is 11.8 Å². The number of nitrogens with one attached hydrogen (secondary N) is 1. The molecule has 0 fully saturated rings. The first-order valence-corrected chi connectivity index (χ1v) is 4.58. The second-order valence-electron chi connectivity index (χ2n) is 2.56. The molecule has 0 atom stereocenters. The third kappa shape index (κ3) is 9.52. The Morgan fingerprint density at radius 3 is 2.55 bits per heavy atom. The van der Waals surface area contributed by atoms with Gasteiger partial charge in [0.1, 0.15) is 0 Å². The van der Waals surface area contributed by atoms with Gasteiger partial charge in [-0.15, -0.1) is 11.8 Å². The van der Waals surface area contributed by atoms with E-state index >= 15 is 0 Å². The van der Waals surface area contributed by atoms with Gasteiger partial charge in [-0.2, -0.15) is 0 Å². The van der Waals surface area contributed by atoms with Gasteiger partial charge in [-0.1, -0.05) is 20.3 Å². The van der Waals surface area contributed by atoms with E-state index in [0.29, 0.717) is 0 Å². The summed E-state index contributed by atoms with van der Waals surface area (Å²) in [5.41, 5.74) is 0. The van der Waals surface area contributed by atoms with E-state index in [1.54, 1.807) is 0 Å². The summed E-state index contributed by atoms with van der Waals surface area (Å²) in [6, 6.07) is 0. The summed E-state index contributed by atoms with van der Waals surface area (Å²) in [4.78, 5) is 0. The summed E-state index contributed by atoms with van der Waals surface area (Å²) in [5, 5.41) is 3.34. The summed E-state index contributed by atoms with van der Waals surface area (Å²) in [6.45, 7) is 6.48. The van der Waals surface area contributed by atoms with Gasteiger partial charge < -0.3 is 5.32 Å². The predicted octanol–water partition coefficient (Wildman–Crippen LogP) is 2.18. The van der Waals surface area contributed by atoms with Gasteiger partial charge in [-0.25, -0.2) is 0 Å². The fraction of sp³-hybridized carbons (Fsp3) is 0.800. The van der Waals surface area contributed by atoms with Gasteiger partial charge in [0, 0.05) is 19.4 Å². The van der Waals surface area contributed by atoms with Crippen LogP contribution in [-0.2, 0) is 0 Å². The topological polar surface area (TPSA) is 12.0 Å². The molecule has 0 amide bonds. The van der Waals surface area contributed by atoms with Gasteiger partial charge in [0.2, 0.25) is 0 Å².